The van der Waals surface area contributed by atoms with E-state index >= 15 is 0 Å². The van der Waals surface area contributed by atoms with E-state index in [2.05, 4.69) is 80.9 Å². The van der Waals surface area contributed by atoms with Crippen molar-refractivity contribution in [1.82, 2.24) is 14.9 Å². The second kappa shape index (κ2) is 10.3. The van der Waals surface area contributed by atoms with Crippen LogP contribution in [0.25, 0.3) is 0 Å². The van der Waals surface area contributed by atoms with Gasteiger partial charge in [-0.3, -0.25) is 4.90 Å². The van der Waals surface area contributed by atoms with Gasteiger partial charge < -0.3 is 14.5 Å². The molecular formula is C27H43ClN4O2SSi. The maximum Gasteiger partial charge on any atom is 0.223 e. The second-order valence-corrected chi connectivity index (χ2v) is 19.3. The van der Waals surface area contributed by atoms with Gasteiger partial charge >= 0.3 is 0 Å². The molecule has 2 aliphatic rings. The lowest BCUT2D eigenvalue weighted by Gasteiger charge is -2.47. The molecule has 2 atom stereocenters. The van der Waals surface area contributed by atoms with E-state index in [1.165, 1.54) is 10.4 Å². The minimum atomic E-state index is -1.81. The summed E-state index contributed by atoms with van der Waals surface area (Å²) in [5, 5.41) is 3.66. The molecule has 200 valence electrons. The molecule has 0 aromatic carbocycles. The summed E-state index contributed by atoms with van der Waals surface area (Å²) in [6.45, 7) is 21.2. The van der Waals surface area contributed by atoms with Gasteiger partial charge in [0, 0.05) is 48.4 Å². The Kier molecular flexibility index (Phi) is 7.98. The van der Waals surface area contributed by atoms with Gasteiger partial charge in [0.1, 0.15) is 0 Å². The van der Waals surface area contributed by atoms with Crippen molar-refractivity contribution in [3.8, 4) is 0 Å². The van der Waals surface area contributed by atoms with Gasteiger partial charge in [0.05, 0.1) is 28.7 Å². The first kappa shape index (κ1) is 28.0. The zero-order chi connectivity index (χ0) is 26.4. The van der Waals surface area contributed by atoms with Crippen LogP contribution in [0.15, 0.2) is 18.5 Å². The molecule has 2 aliphatic heterocycles. The monoisotopic (exact) mass is 550 g/mol. The third kappa shape index (κ3) is 6.16. The zero-order valence-electron chi connectivity index (χ0n) is 23.2. The summed E-state index contributed by atoms with van der Waals surface area (Å²) < 4.78 is 13.7. The van der Waals surface area contributed by atoms with Gasteiger partial charge in [0.15, 0.2) is 8.32 Å². The standard InChI is InChI=1S/C27H43ClN4O2SSi/c1-19-14-27(21-13-23(28)35-22(21)9-12-33-27)10-11-32(19)17-20-15-29-24(30-16-20)31-26(5,6)18-34-36(7,8)25(2,3)4/h13,15-16,19H,9-12,14,17-18H2,1-8H3,(H,29,30,31)/t19-,27+/m0/s1. The lowest BCUT2D eigenvalue weighted by molar-refractivity contribution is -0.112. The fourth-order valence-corrected chi connectivity index (χ4v) is 7.40. The van der Waals surface area contributed by atoms with Gasteiger partial charge in [-0.2, -0.15) is 0 Å². The van der Waals surface area contributed by atoms with Crippen LogP contribution < -0.4 is 5.32 Å². The van der Waals surface area contributed by atoms with Crippen molar-refractivity contribution >= 4 is 37.2 Å². The number of nitrogens with one attached hydrogen (secondary N) is 1. The average molecular weight is 551 g/mol. The van der Waals surface area contributed by atoms with Crippen LogP contribution in [0.1, 0.15) is 70.4 Å². The zero-order valence-corrected chi connectivity index (χ0v) is 25.8. The Morgan fingerprint density at radius 1 is 1.25 bits per heavy atom. The maximum absolute atomic E-state index is 6.44. The van der Waals surface area contributed by atoms with E-state index < -0.39 is 8.32 Å². The number of piperidine rings is 1. The van der Waals surface area contributed by atoms with E-state index in [1.807, 2.05) is 12.4 Å². The van der Waals surface area contributed by atoms with Crippen LogP contribution in [0.3, 0.4) is 0 Å². The van der Waals surface area contributed by atoms with Crippen LogP contribution >= 0.6 is 22.9 Å². The summed E-state index contributed by atoms with van der Waals surface area (Å²) in [5.74, 6) is 0.644. The van der Waals surface area contributed by atoms with Crippen LogP contribution in [0, 0.1) is 0 Å². The number of hydrogen-bond acceptors (Lipinski definition) is 7. The largest absolute Gasteiger partial charge is 0.414 e. The van der Waals surface area contributed by atoms with Crippen molar-refractivity contribution in [3.63, 3.8) is 0 Å². The summed E-state index contributed by atoms with van der Waals surface area (Å²) >= 11 is 8.08. The molecule has 1 saturated heterocycles. The molecule has 4 heterocycles. The topological polar surface area (TPSA) is 59.5 Å². The van der Waals surface area contributed by atoms with Crippen molar-refractivity contribution < 1.29 is 9.16 Å². The molecule has 6 nitrogen and oxygen atoms in total. The quantitative estimate of drug-likeness (QED) is 0.380. The molecule has 36 heavy (non-hydrogen) atoms. The molecule has 1 fully saturated rings. The van der Waals surface area contributed by atoms with Crippen LogP contribution in [0.4, 0.5) is 5.95 Å². The highest BCUT2D eigenvalue weighted by molar-refractivity contribution is 7.16. The first-order chi connectivity index (χ1) is 16.7. The maximum atomic E-state index is 6.44. The van der Waals surface area contributed by atoms with Crippen LogP contribution in [-0.2, 0) is 27.7 Å². The summed E-state index contributed by atoms with van der Waals surface area (Å²) in [4.78, 5) is 13.2. The lowest BCUT2D eigenvalue weighted by Crippen LogP contribution is -2.50. The number of anilines is 1. The number of fused-ring (bicyclic) bond motifs is 2. The van der Waals surface area contributed by atoms with Gasteiger partial charge in [0.2, 0.25) is 5.95 Å². The van der Waals surface area contributed by atoms with E-state index in [4.69, 9.17) is 20.8 Å². The van der Waals surface area contributed by atoms with E-state index in [1.54, 1.807) is 11.3 Å². The van der Waals surface area contributed by atoms with Crippen molar-refractivity contribution in [3.05, 3.63) is 38.8 Å². The first-order valence-corrected chi connectivity index (χ1v) is 17.2. The minimum absolute atomic E-state index is 0.185. The SMILES string of the molecule is C[C@H]1C[C@@]2(CCN1Cc1cnc(NC(C)(C)CO[Si](C)(C)C(C)(C)C)nc1)OCCc1sc(Cl)cc12. The van der Waals surface area contributed by atoms with Gasteiger partial charge in [-0.1, -0.05) is 32.4 Å². The van der Waals surface area contributed by atoms with Crippen molar-refractivity contribution in [2.24, 2.45) is 0 Å². The number of nitrogens with zero attached hydrogens (tertiary/aromatic N) is 3. The molecule has 1 spiro atoms. The van der Waals surface area contributed by atoms with Gasteiger partial charge in [0.25, 0.3) is 0 Å². The number of rotatable bonds is 7. The number of aromatic nitrogens is 2. The normalized spacial score (nSPS) is 23.6. The predicted molar refractivity (Wildman–Crippen MR) is 153 cm³/mol. The van der Waals surface area contributed by atoms with Gasteiger partial charge in [-0.25, -0.2) is 9.97 Å². The van der Waals surface area contributed by atoms with Crippen LogP contribution in [-0.4, -0.2) is 54.5 Å². The number of ether oxygens (including phenoxy) is 1. The first-order valence-electron chi connectivity index (χ1n) is 13.1. The van der Waals surface area contributed by atoms with Crippen molar-refractivity contribution in [2.75, 3.05) is 25.1 Å². The minimum Gasteiger partial charge on any atom is -0.414 e. The lowest BCUT2D eigenvalue weighted by atomic mass is 9.79. The Labute approximate surface area is 227 Å². The third-order valence-electron chi connectivity index (χ3n) is 8.17. The van der Waals surface area contributed by atoms with Gasteiger partial charge in [-0.15, -0.1) is 11.3 Å². The molecule has 0 aliphatic carbocycles. The fourth-order valence-electron chi connectivity index (χ4n) is 4.90. The van der Waals surface area contributed by atoms with E-state index in [0.717, 1.165) is 48.9 Å². The Bertz CT molecular complexity index is 1050. The molecule has 2 aromatic heterocycles. The summed E-state index contributed by atoms with van der Waals surface area (Å²) in [6, 6.07) is 2.54. The molecule has 0 bridgehead atoms. The highest BCUT2D eigenvalue weighted by Gasteiger charge is 2.44. The fraction of sp³-hybridized carbons (Fsp3) is 0.704. The number of thiophene rings is 1. The Balaban J connectivity index is 1.33. The molecule has 2 aromatic rings. The Hall–Kier alpha value is -1.03. The van der Waals surface area contributed by atoms with E-state index in [9.17, 15) is 0 Å². The molecule has 0 saturated carbocycles. The van der Waals surface area contributed by atoms with E-state index in [-0.39, 0.29) is 16.2 Å². The van der Waals surface area contributed by atoms with Crippen LogP contribution in [0.5, 0.6) is 0 Å². The van der Waals surface area contributed by atoms with Crippen molar-refractivity contribution in [2.45, 2.75) is 103 Å². The smallest absolute Gasteiger partial charge is 0.223 e. The summed E-state index contributed by atoms with van der Waals surface area (Å²) in [5.41, 5.74) is 2.02. The average Bonchev–Trinajstić information content (AvgIpc) is 3.17. The summed E-state index contributed by atoms with van der Waals surface area (Å²) in [6.07, 6.45) is 6.84. The Morgan fingerprint density at radius 2 is 1.94 bits per heavy atom. The van der Waals surface area contributed by atoms with Crippen molar-refractivity contribution in [1.29, 1.82) is 0 Å². The Morgan fingerprint density at radius 3 is 2.58 bits per heavy atom. The highest BCUT2D eigenvalue weighted by Crippen LogP contribution is 2.47. The van der Waals surface area contributed by atoms with Gasteiger partial charge in [-0.05, 0) is 63.4 Å². The molecule has 0 unspecified atom stereocenters. The predicted octanol–water partition coefficient (Wildman–Crippen LogP) is 6.86. The molecule has 0 radical (unpaired) electrons. The highest BCUT2D eigenvalue weighted by atomic mass is 35.5. The van der Waals surface area contributed by atoms with Crippen LogP contribution in [0.2, 0.25) is 22.5 Å². The number of likely N-dealkylation sites (tertiary alicyclic amines) is 1. The molecule has 9 heteroatoms. The third-order valence-corrected chi connectivity index (χ3v) is 14.0. The molecular weight excluding hydrogens is 508 g/mol. The number of hydrogen-bond donors (Lipinski definition) is 1. The number of halogens is 1. The molecule has 1 N–H and O–H groups in total. The second-order valence-electron chi connectivity index (χ2n) is 12.7. The molecule has 0 amide bonds. The summed E-state index contributed by atoms with van der Waals surface area (Å²) in [7, 11) is -1.81. The molecule has 4 rings (SSSR count). The van der Waals surface area contributed by atoms with E-state index in [0.29, 0.717) is 18.6 Å².